The number of hydrogen-bond acceptors (Lipinski definition) is 13. The molecule has 14 nitrogen and oxygen atoms in total. The van der Waals surface area contributed by atoms with Crippen LogP contribution in [0.2, 0.25) is 18.1 Å². The lowest BCUT2D eigenvalue weighted by molar-refractivity contribution is -0.0926. The Morgan fingerprint density at radius 2 is 1.32 bits per heavy atom. The SMILES string of the molecule is COc1ccc(C(OC[C@H]2O[C@@H](n3cnc4c(-c5ccc6cc(OCc7ccccc7)ccc6c5)ncnc43)[C@H](O[Si](C)(C)C(C)(C)C)[C@@H]2OP(OCCC#N)N(C(C)C)C(C)C)(c2ccccc2)c2ccc(OC)cc2)cc1. The van der Waals surface area contributed by atoms with E-state index in [1.54, 1.807) is 26.9 Å². The largest absolute Gasteiger partial charge is 0.497 e. The first-order valence-electron chi connectivity index (χ1n) is 27.0. The van der Waals surface area contributed by atoms with Gasteiger partial charge < -0.3 is 37.2 Å². The number of methoxy groups -OCH3 is 2. The molecule has 79 heavy (non-hydrogen) atoms. The fourth-order valence-electron chi connectivity index (χ4n) is 9.97. The summed E-state index contributed by atoms with van der Waals surface area (Å²) in [6, 6.07) is 51.0. The number of hydrogen-bond donors (Lipinski definition) is 0. The van der Waals surface area contributed by atoms with Gasteiger partial charge in [0.1, 0.15) is 65.3 Å². The second-order valence-corrected chi connectivity index (χ2v) is 28.0. The summed E-state index contributed by atoms with van der Waals surface area (Å²) < 4.78 is 58.8. The maximum Gasteiger partial charge on any atom is 0.259 e. The van der Waals surface area contributed by atoms with Crippen LogP contribution >= 0.6 is 8.53 Å². The van der Waals surface area contributed by atoms with Gasteiger partial charge in [0, 0.05) is 17.6 Å². The predicted octanol–water partition coefficient (Wildman–Crippen LogP) is 14.2. The zero-order chi connectivity index (χ0) is 55.9. The van der Waals surface area contributed by atoms with Crippen molar-refractivity contribution in [2.45, 2.75) is 122 Å². The van der Waals surface area contributed by atoms with Crippen molar-refractivity contribution in [1.82, 2.24) is 24.2 Å². The van der Waals surface area contributed by atoms with Crippen LogP contribution in [0.25, 0.3) is 33.2 Å². The van der Waals surface area contributed by atoms with E-state index in [1.807, 2.05) is 95.6 Å². The van der Waals surface area contributed by atoms with Crippen molar-refractivity contribution in [3.05, 3.63) is 181 Å². The minimum Gasteiger partial charge on any atom is -0.497 e. The number of imidazole rings is 1. The number of ether oxygens (including phenoxy) is 5. The van der Waals surface area contributed by atoms with Crippen molar-refractivity contribution in [2.24, 2.45) is 0 Å². The van der Waals surface area contributed by atoms with Gasteiger partial charge >= 0.3 is 0 Å². The molecule has 2 aromatic heterocycles. The molecule has 0 N–H and O–H groups in total. The highest BCUT2D eigenvalue weighted by atomic mass is 31.2. The Labute approximate surface area is 467 Å². The number of fused-ring (bicyclic) bond motifs is 2. The van der Waals surface area contributed by atoms with E-state index in [0.717, 1.165) is 44.3 Å². The maximum atomic E-state index is 9.76. The third kappa shape index (κ3) is 12.4. The Morgan fingerprint density at radius 1 is 0.722 bits per heavy atom. The van der Waals surface area contributed by atoms with Gasteiger partial charge in [-0.2, -0.15) is 5.26 Å². The molecule has 0 amide bonds. The van der Waals surface area contributed by atoms with Crippen LogP contribution in [-0.2, 0) is 35.2 Å². The third-order valence-electron chi connectivity index (χ3n) is 15.0. The van der Waals surface area contributed by atoms with Gasteiger partial charge in [0.2, 0.25) is 0 Å². The Balaban J connectivity index is 1.17. The Kier molecular flexibility index (Phi) is 18.0. The summed E-state index contributed by atoms with van der Waals surface area (Å²) in [4.78, 5) is 14.9. The molecule has 8 aromatic rings. The van der Waals surface area contributed by atoms with Gasteiger partial charge in [0.05, 0.1) is 46.3 Å². The molecular formula is C63H73N6O8PSi. The van der Waals surface area contributed by atoms with E-state index in [1.165, 1.54) is 0 Å². The summed E-state index contributed by atoms with van der Waals surface area (Å²) in [5.74, 6) is 2.22. The van der Waals surface area contributed by atoms with Crippen LogP contribution in [0.4, 0.5) is 0 Å². The molecule has 5 atom stereocenters. The van der Waals surface area contributed by atoms with E-state index in [0.29, 0.717) is 35.0 Å². The summed E-state index contributed by atoms with van der Waals surface area (Å²) in [7, 11) is -1.15. The normalized spacial score (nSPS) is 17.4. The van der Waals surface area contributed by atoms with Crippen LogP contribution in [0.3, 0.4) is 0 Å². The Morgan fingerprint density at radius 3 is 1.92 bits per heavy atom. The van der Waals surface area contributed by atoms with Crippen LogP contribution in [0.1, 0.15) is 83.4 Å². The molecule has 0 spiro atoms. The summed E-state index contributed by atoms with van der Waals surface area (Å²) in [5.41, 5.74) is 5.29. The summed E-state index contributed by atoms with van der Waals surface area (Å²) in [6.07, 6.45) is 0.443. The van der Waals surface area contributed by atoms with Crippen molar-refractivity contribution in [3.8, 4) is 34.6 Å². The topological polar surface area (TPSA) is 144 Å². The Bertz CT molecular complexity index is 3260. The molecule has 1 fully saturated rings. The molecule has 1 aliphatic rings. The van der Waals surface area contributed by atoms with Crippen molar-refractivity contribution >= 4 is 38.8 Å². The second-order valence-electron chi connectivity index (χ2n) is 21.9. The van der Waals surface area contributed by atoms with Crippen molar-refractivity contribution < 1.29 is 37.2 Å². The van der Waals surface area contributed by atoms with Gasteiger partial charge in [-0.25, -0.2) is 19.6 Å². The first-order chi connectivity index (χ1) is 38.0. The van der Waals surface area contributed by atoms with Gasteiger partial charge in [-0.05, 0) is 121 Å². The smallest absolute Gasteiger partial charge is 0.259 e. The third-order valence-corrected chi connectivity index (χ3v) is 21.6. The van der Waals surface area contributed by atoms with Crippen LogP contribution < -0.4 is 14.2 Å². The molecule has 1 saturated heterocycles. The van der Waals surface area contributed by atoms with Gasteiger partial charge in [-0.3, -0.25) is 4.57 Å². The molecule has 0 radical (unpaired) electrons. The second kappa shape index (κ2) is 24.8. The van der Waals surface area contributed by atoms with E-state index >= 15 is 0 Å². The monoisotopic (exact) mass is 1100 g/mol. The molecule has 0 bridgehead atoms. The molecule has 3 heterocycles. The molecule has 0 saturated carbocycles. The highest BCUT2D eigenvalue weighted by Crippen LogP contribution is 2.53. The minimum atomic E-state index is -2.66. The molecule has 1 aliphatic heterocycles. The molecule has 412 valence electrons. The average molecular weight is 1100 g/mol. The lowest BCUT2D eigenvalue weighted by Gasteiger charge is -2.42. The standard InChI is InChI=1S/C63H73N6O8PSi/c1-43(2)69(44(3)4)78(74-36-18-35-64)76-58-55(40-73-63(49-21-16-13-17-22-49,50-26-31-52(70-8)32-27-50)51-28-33-53(71-9)34-29-51)75-61(59(58)77-79(10,11)62(5,6)7)68-42-67-57-56(65-41-66-60(57)68)48-24-23-47-38-54(30-25-46(47)37-48)72-39-45-19-14-12-15-20-45/h12-17,19-34,37-38,41-44,55,58-59,61H,18,36,39-40H2,1-11H3/t55-,58-,59-,61-,78?/m1/s1. The zero-order valence-electron chi connectivity index (χ0n) is 47.2. The van der Waals surface area contributed by atoms with Gasteiger partial charge in [-0.15, -0.1) is 0 Å². The quantitative estimate of drug-likeness (QED) is 0.0259. The zero-order valence-corrected chi connectivity index (χ0v) is 49.1. The molecular weight excluding hydrogens is 1030 g/mol. The number of nitriles is 1. The predicted molar refractivity (Wildman–Crippen MR) is 313 cm³/mol. The van der Waals surface area contributed by atoms with E-state index in [4.69, 9.17) is 52.1 Å². The lowest BCUT2D eigenvalue weighted by Crippen LogP contribution is -2.50. The first-order valence-corrected chi connectivity index (χ1v) is 31.0. The van der Waals surface area contributed by atoms with Crippen LogP contribution in [-0.4, -0.2) is 90.3 Å². The number of nitrogens with zero attached hydrogens (tertiary/aromatic N) is 6. The molecule has 6 aromatic carbocycles. The highest BCUT2D eigenvalue weighted by Gasteiger charge is 2.54. The van der Waals surface area contributed by atoms with Crippen LogP contribution in [0.15, 0.2) is 158 Å². The fourth-order valence-corrected chi connectivity index (χ4v) is 13.0. The lowest BCUT2D eigenvalue weighted by atomic mass is 9.80. The number of aromatic nitrogens is 4. The van der Waals surface area contributed by atoms with Crippen molar-refractivity contribution in [3.63, 3.8) is 0 Å². The number of benzene rings is 6. The first kappa shape index (κ1) is 57.1. The average Bonchev–Trinajstić information content (AvgIpc) is 4.26. The van der Waals surface area contributed by atoms with Gasteiger partial charge in [-0.1, -0.05) is 124 Å². The molecule has 9 rings (SSSR count). The minimum absolute atomic E-state index is 0.0227. The molecule has 1 unspecified atom stereocenters. The van der Waals surface area contributed by atoms with Crippen molar-refractivity contribution in [1.29, 1.82) is 5.26 Å². The van der Waals surface area contributed by atoms with Gasteiger partial charge in [0.25, 0.3) is 8.53 Å². The highest BCUT2D eigenvalue weighted by molar-refractivity contribution is 7.44. The number of rotatable bonds is 23. The van der Waals surface area contributed by atoms with Gasteiger partial charge in [0.15, 0.2) is 20.2 Å². The fraction of sp³-hybridized carbons (Fsp3) is 0.365. The molecule has 0 aliphatic carbocycles. The van der Waals surface area contributed by atoms with E-state index < -0.39 is 47.0 Å². The van der Waals surface area contributed by atoms with E-state index in [9.17, 15) is 5.26 Å². The van der Waals surface area contributed by atoms with Crippen LogP contribution in [0, 0.1) is 11.3 Å². The van der Waals surface area contributed by atoms with E-state index in [2.05, 4.69) is 127 Å². The Hall–Kier alpha value is -6.57. The maximum absolute atomic E-state index is 9.76. The van der Waals surface area contributed by atoms with E-state index in [-0.39, 0.29) is 36.8 Å². The summed E-state index contributed by atoms with van der Waals surface area (Å²) in [6.45, 7) is 20.4. The summed E-state index contributed by atoms with van der Waals surface area (Å²) in [5, 5.41) is 11.6. The summed E-state index contributed by atoms with van der Waals surface area (Å²) >= 11 is 0. The van der Waals surface area contributed by atoms with Crippen LogP contribution in [0.5, 0.6) is 17.2 Å². The van der Waals surface area contributed by atoms with Crippen molar-refractivity contribution in [2.75, 3.05) is 27.4 Å². The molecule has 16 heteroatoms.